The van der Waals surface area contributed by atoms with Crippen LogP contribution in [-0.2, 0) is 4.79 Å². The predicted octanol–water partition coefficient (Wildman–Crippen LogP) is 1.93. The molecule has 0 spiro atoms. The third kappa shape index (κ3) is 2.10. The van der Waals surface area contributed by atoms with Gasteiger partial charge in [-0.1, -0.05) is 13.8 Å². The number of carboxylic acid groups (broad SMARTS) is 1. The molecule has 2 bridgehead atoms. The molecule has 1 aliphatic carbocycles. The fourth-order valence-corrected chi connectivity index (χ4v) is 4.03. The highest BCUT2D eigenvalue weighted by Crippen LogP contribution is 2.46. The number of hydrogen-bond donors (Lipinski definition) is 1. The average Bonchev–Trinajstić information content (AvgIpc) is 2.16. The van der Waals surface area contributed by atoms with Crippen LogP contribution < -0.4 is 0 Å². The van der Waals surface area contributed by atoms with E-state index >= 15 is 0 Å². The van der Waals surface area contributed by atoms with Gasteiger partial charge in [-0.2, -0.15) is 0 Å². The monoisotopic (exact) mass is 225 g/mol. The number of nitrogens with zero attached hydrogens (tertiary/aromatic N) is 1. The van der Waals surface area contributed by atoms with Gasteiger partial charge in [0.1, 0.15) is 0 Å². The van der Waals surface area contributed by atoms with E-state index < -0.39 is 5.97 Å². The zero-order valence-corrected chi connectivity index (χ0v) is 10.5. The van der Waals surface area contributed by atoms with Crippen molar-refractivity contribution in [2.45, 2.75) is 26.7 Å². The lowest BCUT2D eigenvalue weighted by Crippen LogP contribution is -2.53. The molecule has 5 atom stereocenters. The second-order valence-electron chi connectivity index (χ2n) is 6.00. The van der Waals surface area contributed by atoms with Gasteiger partial charge in [0, 0.05) is 19.5 Å². The number of fused-ring (bicyclic) bond motifs is 2. The Morgan fingerprint density at radius 2 is 1.75 bits per heavy atom. The van der Waals surface area contributed by atoms with E-state index in [0.717, 1.165) is 13.1 Å². The Hall–Kier alpha value is -0.570. The molecule has 0 aromatic heterocycles. The number of likely N-dealkylation sites (tertiary alicyclic amines) is 1. The van der Waals surface area contributed by atoms with Crippen molar-refractivity contribution in [1.82, 2.24) is 4.90 Å². The fourth-order valence-electron chi connectivity index (χ4n) is 4.03. The van der Waals surface area contributed by atoms with Gasteiger partial charge >= 0.3 is 5.97 Å². The molecule has 1 aliphatic heterocycles. The van der Waals surface area contributed by atoms with Crippen molar-refractivity contribution in [2.75, 3.05) is 20.1 Å². The number of rotatable bonds is 2. The zero-order valence-electron chi connectivity index (χ0n) is 10.5. The Balaban J connectivity index is 2.18. The molecule has 3 heteroatoms. The average molecular weight is 225 g/mol. The van der Waals surface area contributed by atoms with Crippen molar-refractivity contribution in [1.29, 1.82) is 0 Å². The van der Waals surface area contributed by atoms with E-state index in [0.29, 0.717) is 36.0 Å². The van der Waals surface area contributed by atoms with Gasteiger partial charge in [0.2, 0.25) is 0 Å². The van der Waals surface area contributed by atoms with E-state index in [2.05, 4.69) is 25.8 Å². The zero-order chi connectivity index (χ0) is 11.9. The minimum atomic E-state index is -0.620. The van der Waals surface area contributed by atoms with Crippen LogP contribution >= 0.6 is 0 Å². The molecule has 1 N–H and O–H groups in total. The smallest absolute Gasteiger partial charge is 0.303 e. The van der Waals surface area contributed by atoms with Gasteiger partial charge in [-0.3, -0.25) is 4.79 Å². The second-order valence-corrected chi connectivity index (χ2v) is 6.00. The lowest BCUT2D eigenvalue weighted by Gasteiger charge is -2.51. The quantitative estimate of drug-likeness (QED) is 0.780. The van der Waals surface area contributed by atoms with Gasteiger partial charge in [-0.25, -0.2) is 0 Å². The third-order valence-corrected chi connectivity index (χ3v) is 4.76. The summed E-state index contributed by atoms with van der Waals surface area (Å²) < 4.78 is 0. The highest BCUT2D eigenvalue weighted by atomic mass is 16.4. The summed E-state index contributed by atoms with van der Waals surface area (Å²) in [4.78, 5) is 13.4. The molecule has 1 heterocycles. The summed E-state index contributed by atoms with van der Waals surface area (Å²) in [5, 5.41) is 9.05. The highest BCUT2D eigenvalue weighted by molar-refractivity contribution is 5.67. The lowest BCUT2D eigenvalue weighted by atomic mass is 9.59. The first-order valence-corrected chi connectivity index (χ1v) is 6.39. The van der Waals surface area contributed by atoms with Crippen LogP contribution in [0.2, 0.25) is 0 Å². The molecule has 2 aliphatic rings. The van der Waals surface area contributed by atoms with E-state index in [1.165, 1.54) is 6.42 Å². The Labute approximate surface area is 97.8 Å². The summed E-state index contributed by atoms with van der Waals surface area (Å²) in [6.45, 7) is 6.77. The molecule has 92 valence electrons. The van der Waals surface area contributed by atoms with Crippen LogP contribution in [0, 0.1) is 29.6 Å². The largest absolute Gasteiger partial charge is 0.481 e. The van der Waals surface area contributed by atoms with Gasteiger partial charge < -0.3 is 10.0 Å². The van der Waals surface area contributed by atoms with E-state index in [-0.39, 0.29) is 0 Å². The fraction of sp³-hybridized carbons (Fsp3) is 0.923. The molecule has 4 unspecified atom stereocenters. The third-order valence-electron chi connectivity index (χ3n) is 4.76. The molecule has 2 fully saturated rings. The van der Waals surface area contributed by atoms with Crippen LogP contribution in [0.15, 0.2) is 0 Å². The maximum Gasteiger partial charge on any atom is 0.303 e. The van der Waals surface area contributed by atoms with Gasteiger partial charge in [0.25, 0.3) is 0 Å². The summed E-state index contributed by atoms with van der Waals surface area (Å²) in [5.41, 5.74) is 0. The van der Waals surface area contributed by atoms with Crippen LogP contribution in [0.4, 0.5) is 0 Å². The maximum absolute atomic E-state index is 11.0. The van der Waals surface area contributed by atoms with Gasteiger partial charge in [0.15, 0.2) is 0 Å². The lowest BCUT2D eigenvalue weighted by molar-refractivity contribution is -0.142. The van der Waals surface area contributed by atoms with Crippen molar-refractivity contribution in [2.24, 2.45) is 29.6 Å². The Morgan fingerprint density at radius 3 is 2.19 bits per heavy atom. The molecule has 2 rings (SSSR count). The van der Waals surface area contributed by atoms with E-state index in [4.69, 9.17) is 5.11 Å². The summed E-state index contributed by atoms with van der Waals surface area (Å²) in [5.74, 6) is 2.34. The number of piperidine rings is 1. The summed E-state index contributed by atoms with van der Waals surface area (Å²) in [7, 11) is 2.17. The molecule has 16 heavy (non-hydrogen) atoms. The SMILES string of the molecule is CC1C[C@@H](C)C2CN(C)CC1C2CC(=O)O. The van der Waals surface area contributed by atoms with Crippen LogP contribution in [0.5, 0.6) is 0 Å². The number of carbonyl (C=O) groups is 1. The van der Waals surface area contributed by atoms with Crippen LogP contribution in [0.25, 0.3) is 0 Å². The Kier molecular flexibility index (Phi) is 3.24. The minimum Gasteiger partial charge on any atom is -0.481 e. The second kappa shape index (κ2) is 4.36. The van der Waals surface area contributed by atoms with E-state index in [9.17, 15) is 4.79 Å². The van der Waals surface area contributed by atoms with Crippen LogP contribution in [-0.4, -0.2) is 36.1 Å². The van der Waals surface area contributed by atoms with Crippen molar-refractivity contribution < 1.29 is 9.90 Å². The molecule has 3 nitrogen and oxygen atoms in total. The molecular formula is C13H23NO2. The van der Waals surface area contributed by atoms with E-state index in [1.54, 1.807) is 0 Å². The maximum atomic E-state index is 11.0. The van der Waals surface area contributed by atoms with Gasteiger partial charge in [0.05, 0.1) is 0 Å². The number of carboxylic acids is 1. The first kappa shape index (κ1) is 11.9. The van der Waals surface area contributed by atoms with Crippen LogP contribution in [0.1, 0.15) is 26.7 Å². The molecular weight excluding hydrogens is 202 g/mol. The molecule has 1 saturated carbocycles. The Morgan fingerprint density at radius 1 is 1.25 bits per heavy atom. The normalized spacial score (nSPS) is 44.3. The molecule has 1 saturated heterocycles. The predicted molar refractivity (Wildman–Crippen MR) is 63.2 cm³/mol. The van der Waals surface area contributed by atoms with Gasteiger partial charge in [-0.05, 0) is 43.1 Å². The van der Waals surface area contributed by atoms with Gasteiger partial charge in [-0.15, -0.1) is 0 Å². The number of hydrogen-bond acceptors (Lipinski definition) is 2. The molecule has 0 amide bonds. The topological polar surface area (TPSA) is 40.5 Å². The summed E-state index contributed by atoms with van der Waals surface area (Å²) >= 11 is 0. The molecule has 0 aromatic carbocycles. The van der Waals surface area contributed by atoms with Crippen molar-refractivity contribution >= 4 is 5.97 Å². The minimum absolute atomic E-state index is 0.373. The highest BCUT2D eigenvalue weighted by Gasteiger charge is 2.45. The standard InChI is InChI=1S/C13H23NO2/c1-8-4-9(2)12-7-14(3)6-11(8)10(12)5-13(15)16/h8-12H,4-7H2,1-3H3,(H,15,16)/t8-,9?,10?,11?,12?/m1/s1. The van der Waals surface area contributed by atoms with E-state index in [1.807, 2.05) is 0 Å². The first-order chi connectivity index (χ1) is 7.49. The first-order valence-electron chi connectivity index (χ1n) is 6.39. The van der Waals surface area contributed by atoms with Crippen molar-refractivity contribution in [3.8, 4) is 0 Å². The Bertz CT molecular complexity index is 261. The van der Waals surface area contributed by atoms with Crippen molar-refractivity contribution in [3.05, 3.63) is 0 Å². The summed E-state index contributed by atoms with van der Waals surface area (Å²) in [6, 6.07) is 0. The molecule has 0 radical (unpaired) electrons. The number of aliphatic carboxylic acids is 1. The van der Waals surface area contributed by atoms with Crippen LogP contribution in [0.3, 0.4) is 0 Å². The summed E-state index contributed by atoms with van der Waals surface area (Å²) in [6.07, 6.45) is 1.65. The van der Waals surface area contributed by atoms with Crippen molar-refractivity contribution in [3.63, 3.8) is 0 Å². The molecule has 0 aromatic rings.